The first-order valence-electron chi connectivity index (χ1n) is 7.46. The lowest BCUT2D eigenvalue weighted by molar-refractivity contribution is -0.0354. The number of methoxy groups -OCH3 is 1. The average Bonchev–Trinajstić information content (AvgIpc) is 3.04. The Morgan fingerprint density at radius 3 is 2.74 bits per heavy atom. The summed E-state index contributed by atoms with van der Waals surface area (Å²) >= 11 is 0. The number of rotatable bonds is 7. The summed E-state index contributed by atoms with van der Waals surface area (Å²) in [4.78, 5) is 0. The van der Waals surface area contributed by atoms with Crippen molar-refractivity contribution in [2.45, 2.75) is 57.1 Å². The van der Waals surface area contributed by atoms with Gasteiger partial charge in [0, 0.05) is 26.4 Å². The summed E-state index contributed by atoms with van der Waals surface area (Å²) in [7, 11) is 3.84. The molecule has 0 spiro atoms. The fourth-order valence-corrected chi connectivity index (χ4v) is 3.24. The van der Waals surface area contributed by atoms with Gasteiger partial charge in [-0.15, -0.1) is 0 Å². The quantitative estimate of drug-likeness (QED) is 0.822. The zero-order chi connectivity index (χ0) is 13.7. The van der Waals surface area contributed by atoms with E-state index in [1.807, 2.05) is 25.0 Å². The van der Waals surface area contributed by atoms with Crippen LogP contribution in [0.25, 0.3) is 0 Å². The monoisotopic (exact) mass is 265 g/mol. The maximum Gasteiger partial charge on any atom is 0.0834 e. The first kappa shape index (κ1) is 14.5. The van der Waals surface area contributed by atoms with E-state index in [1.165, 1.54) is 31.2 Å². The third-order valence-corrected chi connectivity index (χ3v) is 4.33. The van der Waals surface area contributed by atoms with Crippen molar-refractivity contribution in [3.05, 3.63) is 18.0 Å². The molecule has 1 fully saturated rings. The minimum atomic E-state index is 0.0189. The van der Waals surface area contributed by atoms with E-state index in [4.69, 9.17) is 4.74 Å². The van der Waals surface area contributed by atoms with Crippen molar-refractivity contribution in [2.75, 3.05) is 13.7 Å². The summed E-state index contributed by atoms with van der Waals surface area (Å²) in [5.74, 6) is 0. The van der Waals surface area contributed by atoms with E-state index in [1.54, 1.807) is 0 Å². The molecule has 0 aromatic carbocycles. The maximum atomic E-state index is 5.95. The van der Waals surface area contributed by atoms with Crippen LogP contribution >= 0.6 is 0 Å². The Bertz CT molecular complexity index is 382. The van der Waals surface area contributed by atoms with Gasteiger partial charge in [0.25, 0.3) is 0 Å². The van der Waals surface area contributed by atoms with Crippen molar-refractivity contribution in [1.29, 1.82) is 0 Å². The number of nitrogens with one attached hydrogen (secondary N) is 1. The molecule has 19 heavy (non-hydrogen) atoms. The molecule has 0 amide bonds. The molecule has 1 heterocycles. The van der Waals surface area contributed by atoms with Crippen molar-refractivity contribution in [3.8, 4) is 0 Å². The second-order valence-corrected chi connectivity index (χ2v) is 5.71. The number of hydrogen-bond donors (Lipinski definition) is 1. The van der Waals surface area contributed by atoms with E-state index in [0.717, 1.165) is 19.4 Å². The lowest BCUT2D eigenvalue weighted by Crippen LogP contribution is -2.52. The van der Waals surface area contributed by atoms with Gasteiger partial charge in [0.2, 0.25) is 0 Å². The Kier molecular flexibility index (Phi) is 4.99. The summed E-state index contributed by atoms with van der Waals surface area (Å²) in [6, 6.07) is 0.393. The first-order valence-corrected chi connectivity index (χ1v) is 7.46. The molecular formula is C15H27N3O. The van der Waals surface area contributed by atoms with Gasteiger partial charge in [-0.25, -0.2) is 0 Å². The van der Waals surface area contributed by atoms with Gasteiger partial charge in [-0.1, -0.05) is 19.8 Å². The number of nitrogens with zero attached hydrogens (tertiary/aromatic N) is 2. The third-order valence-electron chi connectivity index (χ3n) is 4.33. The number of aryl methyl sites for hydroxylation is 1. The van der Waals surface area contributed by atoms with Gasteiger partial charge < -0.3 is 10.1 Å². The van der Waals surface area contributed by atoms with Crippen molar-refractivity contribution in [2.24, 2.45) is 7.05 Å². The summed E-state index contributed by atoms with van der Waals surface area (Å²) in [6.07, 6.45) is 11.1. The number of hydrogen-bond acceptors (Lipinski definition) is 3. The fourth-order valence-electron chi connectivity index (χ4n) is 3.24. The molecule has 1 atom stereocenters. The lowest BCUT2D eigenvalue weighted by Gasteiger charge is -2.37. The smallest absolute Gasteiger partial charge is 0.0834 e. The molecule has 4 heteroatoms. The first-order chi connectivity index (χ1) is 9.20. The second-order valence-electron chi connectivity index (χ2n) is 5.71. The predicted octanol–water partition coefficient (Wildman–Crippen LogP) is 2.29. The van der Waals surface area contributed by atoms with Crippen LogP contribution in [-0.4, -0.2) is 35.1 Å². The topological polar surface area (TPSA) is 39.1 Å². The van der Waals surface area contributed by atoms with Gasteiger partial charge in [0.05, 0.1) is 11.8 Å². The molecule has 0 aliphatic heterocycles. The highest BCUT2D eigenvalue weighted by atomic mass is 16.5. The molecule has 0 radical (unpaired) electrons. The van der Waals surface area contributed by atoms with Crippen LogP contribution in [0.3, 0.4) is 0 Å². The second kappa shape index (κ2) is 6.53. The predicted molar refractivity (Wildman–Crippen MR) is 77.2 cm³/mol. The lowest BCUT2D eigenvalue weighted by atomic mass is 9.88. The average molecular weight is 265 g/mol. The molecule has 1 unspecified atom stereocenters. The van der Waals surface area contributed by atoms with Gasteiger partial charge in [0.15, 0.2) is 0 Å². The number of aromatic nitrogens is 2. The van der Waals surface area contributed by atoms with Crippen LogP contribution < -0.4 is 5.32 Å². The van der Waals surface area contributed by atoms with Crippen LogP contribution in [0.4, 0.5) is 0 Å². The highest BCUT2D eigenvalue weighted by Gasteiger charge is 2.41. The Balaban J connectivity index is 2.10. The molecule has 1 aliphatic carbocycles. The SMILES string of the molecule is CCCNC(Cc1cnn(C)c1)C1(OC)CCCC1. The minimum absolute atomic E-state index is 0.0189. The van der Waals surface area contributed by atoms with Crippen molar-refractivity contribution >= 4 is 0 Å². The van der Waals surface area contributed by atoms with Gasteiger partial charge in [-0.3, -0.25) is 4.68 Å². The standard InChI is InChI=1S/C15H27N3O/c1-4-9-16-14(10-13-11-17-18(2)12-13)15(19-3)7-5-6-8-15/h11-12,14,16H,4-10H2,1-3H3. The summed E-state index contributed by atoms with van der Waals surface area (Å²) < 4.78 is 7.82. The van der Waals surface area contributed by atoms with Gasteiger partial charge >= 0.3 is 0 Å². The van der Waals surface area contributed by atoms with Crippen LogP contribution in [0, 0.1) is 0 Å². The molecule has 2 rings (SSSR count). The van der Waals surface area contributed by atoms with Crippen LogP contribution in [-0.2, 0) is 18.2 Å². The third kappa shape index (κ3) is 3.37. The molecule has 1 aliphatic rings. The fraction of sp³-hybridized carbons (Fsp3) is 0.800. The van der Waals surface area contributed by atoms with E-state index >= 15 is 0 Å². The van der Waals surface area contributed by atoms with E-state index in [-0.39, 0.29) is 5.60 Å². The molecule has 1 aromatic rings. The van der Waals surface area contributed by atoms with Crippen LogP contribution in [0.2, 0.25) is 0 Å². The van der Waals surface area contributed by atoms with Crippen LogP contribution in [0.1, 0.15) is 44.6 Å². The van der Waals surface area contributed by atoms with E-state index in [0.29, 0.717) is 6.04 Å². The zero-order valence-corrected chi connectivity index (χ0v) is 12.5. The molecule has 1 aromatic heterocycles. The minimum Gasteiger partial charge on any atom is -0.377 e. The largest absolute Gasteiger partial charge is 0.377 e. The molecule has 108 valence electrons. The van der Waals surface area contributed by atoms with Gasteiger partial charge in [0.1, 0.15) is 0 Å². The van der Waals surface area contributed by atoms with Crippen LogP contribution in [0.5, 0.6) is 0 Å². The Labute approximate surface area is 116 Å². The van der Waals surface area contributed by atoms with E-state index in [9.17, 15) is 0 Å². The molecule has 0 bridgehead atoms. The Morgan fingerprint density at radius 1 is 1.47 bits per heavy atom. The van der Waals surface area contributed by atoms with Crippen molar-refractivity contribution in [1.82, 2.24) is 15.1 Å². The molecule has 0 saturated heterocycles. The Morgan fingerprint density at radius 2 is 2.21 bits per heavy atom. The van der Waals surface area contributed by atoms with Gasteiger partial charge in [-0.2, -0.15) is 5.10 Å². The molecular weight excluding hydrogens is 238 g/mol. The highest BCUT2D eigenvalue weighted by molar-refractivity contribution is 5.10. The van der Waals surface area contributed by atoms with Crippen molar-refractivity contribution in [3.63, 3.8) is 0 Å². The van der Waals surface area contributed by atoms with E-state index in [2.05, 4.69) is 23.5 Å². The van der Waals surface area contributed by atoms with Crippen molar-refractivity contribution < 1.29 is 4.74 Å². The highest BCUT2D eigenvalue weighted by Crippen LogP contribution is 2.36. The van der Waals surface area contributed by atoms with Crippen LogP contribution in [0.15, 0.2) is 12.4 Å². The number of ether oxygens (including phenoxy) is 1. The zero-order valence-electron chi connectivity index (χ0n) is 12.5. The normalized spacial score (nSPS) is 19.7. The summed E-state index contributed by atoms with van der Waals surface area (Å²) in [6.45, 7) is 3.26. The van der Waals surface area contributed by atoms with E-state index < -0.39 is 0 Å². The summed E-state index contributed by atoms with van der Waals surface area (Å²) in [5.41, 5.74) is 1.31. The molecule has 1 saturated carbocycles. The molecule has 1 N–H and O–H groups in total. The molecule has 4 nitrogen and oxygen atoms in total. The van der Waals surface area contributed by atoms with Gasteiger partial charge in [-0.05, 0) is 37.8 Å². The Hall–Kier alpha value is -0.870. The summed E-state index contributed by atoms with van der Waals surface area (Å²) in [5, 5.41) is 7.97. The maximum absolute atomic E-state index is 5.95.